The topological polar surface area (TPSA) is 41.3 Å². The van der Waals surface area contributed by atoms with Crippen molar-refractivity contribution in [2.24, 2.45) is 11.8 Å². The van der Waals surface area contributed by atoms with Crippen LogP contribution in [0.2, 0.25) is 0 Å². The van der Waals surface area contributed by atoms with Gasteiger partial charge in [-0.15, -0.1) is 0 Å². The van der Waals surface area contributed by atoms with Gasteiger partial charge < -0.3 is 5.11 Å². The highest BCUT2D eigenvalue weighted by atomic mass is 19.1. The predicted molar refractivity (Wildman–Crippen MR) is 90.5 cm³/mol. The van der Waals surface area contributed by atoms with Crippen LogP contribution < -0.4 is 0 Å². The molecule has 3 atom stereocenters. The normalized spacial score (nSPS) is 26.9. The van der Waals surface area contributed by atoms with Crippen LogP contribution in [0, 0.1) is 31.5 Å². The molecule has 4 nitrogen and oxygen atoms in total. The quantitative estimate of drug-likeness (QED) is 0.941. The number of hydrogen-bond acceptors (Lipinski definition) is 3. The number of fused-ring (bicyclic) bond motifs is 2. The lowest BCUT2D eigenvalue weighted by molar-refractivity contribution is 0.0137. The van der Waals surface area contributed by atoms with Crippen molar-refractivity contribution in [3.05, 3.63) is 47.0 Å². The number of aromatic nitrogens is 2. The fraction of sp³-hybridized carbons (Fsp3) is 0.526. The molecular formula is C19H24FN3O. The summed E-state index contributed by atoms with van der Waals surface area (Å²) in [6.07, 6.45) is 2.19. The first kappa shape index (κ1) is 15.8. The highest BCUT2D eigenvalue weighted by Gasteiger charge is 2.40. The maximum absolute atomic E-state index is 13.2. The molecule has 1 saturated carbocycles. The minimum atomic E-state index is -0.233. The molecule has 4 rings (SSSR count). The van der Waals surface area contributed by atoms with E-state index in [4.69, 9.17) is 0 Å². The van der Waals surface area contributed by atoms with Crippen molar-refractivity contribution in [1.29, 1.82) is 0 Å². The van der Waals surface area contributed by atoms with Crippen LogP contribution in [0.4, 0.5) is 4.39 Å². The van der Waals surface area contributed by atoms with E-state index in [1.165, 1.54) is 17.7 Å². The fourth-order valence-corrected chi connectivity index (χ4v) is 4.38. The predicted octanol–water partition coefficient (Wildman–Crippen LogP) is 2.83. The van der Waals surface area contributed by atoms with Gasteiger partial charge in [-0.25, -0.2) is 9.07 Å². The number of benzene rings is 1. The molecule has 0 radical (unpaired) electrons. The van der Waals surface area contributed by atoms with E-state index in [9.17, 15) is 9.50 Å². The van der Waals surface area contributed by atoms with E-state index in [1.807, 2.05) is 11.6 Å². The molecule has 1 unspecified atom stereocenters. The Kier molecular flexibility index (Phi) is 3.93. The largest absolute Gasteiger partial charge is 0.392 e. The molecule has 1 aromatic carbocycles. The Labute approximate surface area is 141 Å². The van der Waals surface area contributed by atoms with Gasteiger partial charge in [-0.3, -0.25) is 4.90 Å². The second-order valence-corrected chi connectivity index (χ2v) is 7.32. The second kappa shape index (κ2) is 5.97. The van der Waals surface area contributed by atoms with Crippen molar-refractivity contribution in [3.8, 4) is 5.69 Å². The Bertz CT molecular complexity index is 726. The third-order valence-corrected chi connectivity index (χ3v) is 5.75. The van der Waals surface area contributed by atoms with Crippen LogP contribution in [0.1, 0.15) is 29.8 Å². The first-order valence-electron chi connectivity index (χ1n) is 8.74. The number of nitrogens with zero attached hydrogens (tertiary/aromatic N) is 3. The number of aliphatic hydroxyl groups excluding tert-OH is 1. The van der Waals surface area contributed by atoms with Crippen LogP contribution in [0.5, 0.6) is 0 Å². The van der Waals surface area contributed by atoms with Gasteiger partial charge in [-0.2, -0.15) is 5.10 Å². The van der Waals surface area contributed by atoms with Crippen molar-refractivity contribution in [3.63, 3.8) is 0 Å². The van der Waals surface area contributed by atoms with Crippen LogP contribution in [-0.2, 0) is 6.54 Å². The molecule has 2 heterocycles. The summed E-state index contributed by atoms with van der Waals surface area (Å²) in [5.41, 5.74) is 4.26. The minimum absolute atomic E-state index is 0.106. The number of piperidine rings is 1. The Morgan fingerprint density at radius 3 is 2.38 bits per heavy atom. The smallest absolute Gasteiger partial charge is 0.123 e. The van der Waals surface area contributed by atoms with Gasteiger partial charge in [0.25, 0.3) is 0 Å². The molecular weight excluding hydrogens is 305 g/mol. The van der Waals surface area contributed by atoms with Gasteiger partial charge in [0.2, 0.25) is 0 Å². The van der Waals surface area contributed by atoms with Crippen molar-refractivity contribution in [1.82, 2.24) is 14.7 Å². The summed E-state index contributed by atoms with van der Waals surface area (Å²) in [6, 6.07) is 6.45. The van der Waals surface area contributed by atoms with Crippen molar-refractivity contribution in [2.75, 3.05) is 13.1 Å². The molecule has 1 aliphatic heterocycles. The summed E-state index contributed by atoms with van der Waals surface area (Å²) in [5, 5.41) is 14.9. The van der Waals surface area contributed by atoms with Crippen LogP contribution in [0.15, 0.2) is 24.3 Å². The van der Waals surface area contributed by atoms with E-state index >= 15 is 0 Å². The van der Waals surface area contributed by atoms with E-state index < -0.39 is 0 Å². The highest BCUT2D eigenvalue weighted by molar-refractivity contribution is 5.37. The average Bonchev–Trinajstić information content (AvgIpc) is 2.94. The van der Waals surface area contributed by atoms with Gasteiger partial charge in [0.1, 0.15) is 5.82 Å². The van der Waals surface area contributed by atoms with Crippen LogP contribution in [-0.4, -0.2) is 39.0 Å². The van der Waals surface area contributed by atoms with Crippen molar-refractivity contribution >= 4 is 0 Å². The molecule has 5 heteroatoms. The number of likely N-dealkylation sites (tertiary alicyclic amines) is 1. The van der Waals surface area contributed by atoms with Crippen molar-refractivity contribution in [2.45, 2.75) is 39.3 Å². The fourth-order valence-electron chi connectivity index (χ4n) is 4.38. The van der Waals surface area contributed by atoms with Gasteiger partial charge in [0.05, 0.1) is 17.5 Å². The number of halogens is 1. The molecule has 128 valence electrons. The minimum Gasteiger partial charge on any atom is -0.392 e. The highest BCUT2D eigenvalue weighted by Crippen LogP contribution is 2.37. The van der Waals surface area contributed by atoms with E-state index in [0.717, 1.165) is 49.6 Å². The van der Waals surface area contributed by atoms with E-state index in [-0.39, 0.29) is 11.9 Å². The monoisotopic (exact) mass is 329 g/mol. The first-order valence-corrected chi connectivity index (χ1v) is 8.74. The molecule has 0 spiro atoms. The molecule has 2 fully saturated rings. The summed E-state index contributed by atoms with van der Waals surface area (Å²) >= 11 is 0. The summed E-state index contributed by atoms with van der Waals surface area (Å²) < 4.78 is 15.1. The third-order valence-electron chi connectivity index (χ3n) is 5.75. The van der Waals surface area contributed by atoms with Gasteiger partial charge in [0, 0.05) is 30.9 Å². The van der Waals surface area contributed by atoms with Gasteiger partial charge >= 0.3 is 0 Å². The Morgan fingerprint density at radius 1 is 1.12 bits per heavy atom. The molecule has 2 bridgehead atoms. The maximum Gasteiger partial charge on any atom is 0.123 e. The maximum atomic E-state index is 13.2. The second-order valence-electron chi connectivity index (χ2n) is 7.32. The molecule has 24 heavy (non-hydrogen) atoms. The SMILES string of the molecule is Cc1nn(-c2ccc(F)cc2)c(C)c1CN1C[C@H]2CC[C@@H](C1)C2O. The zero-order valence-corrected chi connectivity index (χ0v) is 14.2. The molecule has 1 saturated heterocycles. The first-order chi connectivity index (χ1) is 11.5. The zero-order chi connectivity index (χ0) is 16.8. The van der Waals surface area contributed by atoms with Crippen LogP contribution in [0.25, 0.3) is 5.69 Å². The molecule has 1 aliphatic carbocycles. The number of rotatable bonds is 3. The molecule has 1 aromatic heterocycles. The van der Waals surface area contributed by atoms with Crippen LogP contribution in [0.3, 0.4) is 0 Å². The Hall–Kier alpha value is -1.72. The summed E-state index contributed by atoms with van der Waals surface area (Å²) in [4.78, 5) is 2.46. The number of hydrogen-bond donors (Lipinski definition) is 1. The van der Waals surface area contributed by atoms with Gasteiger partial charge in [-0.1, -0.05) is 0 Å². The Balaban J connectivity index is 1.57. The molecule has 2 aromatic rings. The Morgan fingerprint density at radius 2 is 1.75 bits per heavy atom. The standard InChI is InChI=1S/C19H24FN3O/c1-12-18(11-22-9-14-3-4-15(10-22)19(14)24)13(2)23(21-12)17-7-5-16(20)6-8-17/h5-8,14-15,19,24H,3-4,9-11H2,1-2H3/t14-,15+,19?. The summed E-state index contributed by atoms with van der Waals surface area (Å²) in [5.74, 6) is 0.621. The lowest BCUT2D eigenvalue weighted by Gasteiger charge is -2.35. The van der Waals surface area contributed by atoms with E-state index in [1.54, 1.807) is 12.1 Å². The lowest BCUT2D eigenvalue weighted by Crippen LogP contribution is -2.44. The number of aryl methyl sites for hydroxylation is 1. The zero-order valence-electron chi connectivity index (χ0n) is 14.2. The average molecular weight is 329 g/mol. The molecule has 1 N–H and O–H groups in total. The van der Waals surface area contributed by atoms with Gasteiger partial charge in [-0.05, 0) is 62.8 Å². The lowest BCUT2D eigenvalue weighted by atomic mass is 9.94. The van der Waals surface area contributed by atoms with Gasteiger partial charge in [0.15, 0.2) is 0 Å². The number of aliphatic hydroxyl groups is 1. The molecule has 2 aliphatic rings. The molecule has 0 amide bonds. The summed E-state index contributed by atoms with van der Waals surface area (Å²) in [7, 11) is 0. The van der Waals surface area contributed by atoms with Crippen LogP contribution >= 0.6 is 0 Å². The third kappa shape index (κ3) is 2.66. The van der Waals surface area contributed by atoms with Crippen molar-refractivity contribution < 1.29 is 9.50 Å². The van der Waals surface area contributed by atoms with E-state index in [2.05, 4.69) is 16.9 Å². The van der Waals surface area contributed by atoms with E-state index in [0.29, 0.717) is 11.8 Å². The summed E-state index contributed by atoms with van der Waals surface area (Å²) in [6.45, 7) is 6.93.